The molecule has 1 saturated heterocycles. The van der Waals surface area contributed by atoms with E-state index in [1.54, 1.807) is 5.38 Å². The highest BCUT2D eigenvalue weighted by atomic mass is 35.5. The van der Waals surface area contributed by atoms with Gasteiger partial charge in [0.05, 0.1) is 13.2 Å². The number of thiazole rings is 1. The summed E-state index contributed by atoms with van der Waals surface area (Å²) in [6, 6.07) is 2.14. The van der Waals surface area contributed by atoms with Gasteiger partial charge in [-0.2, -0.15) is 0 Å². The van der Waals surface area contributed by atoms with Crippen LogP contribution in [0.1, 0.15) is 16.9 Å². The second kappa shape index (κ2) is 9.41. The molecular formula is C17H19ClF2N4O2S. The molecule has 0 bridgehead atoms. The van der Waals surface area contributed by atoms with E-state index in [4.69, 9.17) is 16.3 Å². The zero-order chi connectivity index (χ0) is 19.2. The molecule has 0 unspecified atom stereocenters. The van der Waals surface area contributed by atoms with Gasteiger partial charge in [0.15, 0.2) is 5.13 Å². The smallest absolute Gasteiger partial charge is 0.270 e. The Hall–Kier alpha value is -1.81. The lowest BCUT2D eigenvalue weighted by molar-refractivity contribution is 0.0374. The molecule has 1 amide bonds. The van der Waals surface area contributed by atoms with Gasteiger partial charge in [0.2, 0.25) is 0 Å². The van der Waals surface area contributed by atoms with Gasteiger partial charge in [0.25, 0.3) is 5.91 Å². The Morgan fingerprint density at radius 2 is 2.00 bits per heavy atom. The van der Waals surface area contributed by atoms with Gasteiger partial charge >= 0.3 is 0 Å². The standard InChI is InChI=1S/C17H19ClF2N4O2S/c18-15-12(19)8-11(9-13(15)20)22-17-23-14(10-27-17)16(25)21-2-1-3-24-4-6-26-7-5-24/h8-10H,1-7H2,(H,21,25)(H,22,23). The van der Waals surface area contributed by atoms with Crippen LogP contribution in [0.15, 0.2) is 17.5 Å². The van der Waals surface area contributed by atoms with Crippen molar-refractivity contribution in [3.8, 4) is 0 Å². The van der Waals surface area contributed by atoms with E-state index in [1.807, 2.05) is 0 Å². The minimum atomic E-state index is -0.867. The SMILES string of the molecule is O=C(NCCCN1CCOCC1)c1csc(Nc2cc(F)c(Cl)c(F)c2)n1. The summed E-state index contributed by atoms with van der Waals surface area (Å²) in [6.07, 6.45) is 0.838. The summed E-state index contributed by atoms with van der Waals surface area (Å²) in [5.74, 6) is -2.02. The fraction of sp³-hybridized carbons (Fsp3) is 0.412. The number of rotatable bonds is 7. The fourth-order valence-electron chi connectivity index (χ4n) is 2.61. The largest absolute Gasteiger partial charge is 0.379 e. The number of nitrogens with zero attached hydrogens (tertiary/aromatic N) is 2. The van der Waals surface area contributed by atoms with Crippen molar-refractivity contribution in [3.05, 3.63) is 39.9 Å². The molecule has 2 heterocycles. The van der Waals surface area contributed by atoms with Crippen LogP contribution in [-0.4, -0.2) is 55.2 Å². The maximum absolute atomic E-state index is 13.5. The van der Waals surface area contributed by atoms with E-state index in [9.17, 15) is 13.6 Å². The third-order valence-corrected chi connectivity index (χ3v) is 5.13. The lowest BCUT2D eigenvalue weighted by atomic mass is 10.3. The Morgan fingerprint density at radius 3 is 2.70 bits per heavy atom. The summed E-state index contributed by atoms with van der Waals surface area (Å²) in [6.45, 7) is 4.79. The molecule has 2 N–H and O–H groups in total. The molecular weight excluding hydrogens is 398 g/mol. The van der Waals surface area contributed by atoms with Crippen molar-refractivity contribution in [1.82, 2.24) is 15.2 Å². The van der Waals surface area contributed by atoms with Gasteiger partial charge in [-0.25, -0.2) is 13.8 Å². The van der Waals surface area contributed by atoms with Gasteiger partial charge in [-0.3, -0.25) is 9.69 Å². The summed E-state index contributed by atoms with van der Waals surface area (Å²) in [7, 11) is 0. The maximum Gasteiger partial charge on any atom is 0.270 e. The Morgan fingerprint density at radius 1 is 1.30 bits per heavy atom. The summed E-state index contributed by atoms with van der Waals surface area (Å²) < 4.78 is 32.3. The average Bonchev–Trinajstić information content (AvgIpc) is 3.12. The highest BCUT2D eigenvalue weighted by molar-refractivity contribution is 7.14. The zero-order valence-electron chi connectivity index (χ0n) is 14.4. The molecule has 0 atom stereocenters. The number of benzene rings is 1. The number of anilines is 2. The third-order valence-electron chi connectivity index (χ3n) is 4.01. The lowest BCUT2D eigenvalue weighted by Crippen LogP contribution is -2.38. The molecule has 0 saturated carbocycles. The van der Waals surface area contributed by atoms with Crippen LogP contribution >= 0.6 is 22.9 Å². The maximum atomic E-state index is 13.5. The summed E-state index contributed by atoms with van der Waals surface area (Å²) >= 11 is 6.62. The molecule has 0 radical (unpaired) electrons. The van der Waals surface area contributed by atoms with Crippen LogP contribution < -0.4 is 10.6 Å². The summed E-state index contributed by atoms with van der Waals surface area (Å²) in [4.78, 5) is 18.6. The van der Waals surface area contributed by atoms with Crippen LogP contribution in [0, 0.1) is 11.6 Å². The number of halogens is 3. The first-order chi connectivity index (χ1) is 13.0. The van der Waals surface area contributed by atoms with Crippen LogP contribution in [-0.2, 0) is 4.74 Å². The first-order valence-corrected chi connectivity index (χ1v) is 9.74. The van der Waals surface area contributed by atoms with E-state index in [0.29, 0.717) is 11.7 Å². The molecule has 1 aromatic heterocycles. The van der Waals surface area contributed by atoms with E-state index in [-0.39, 0.29) is 17.3 Å². The first kappa shape index (κ1) is 19.9. The number of hydrogen-bond donors (Lipinski definition) is 2. The van der Waals surface area contributed by atoms with Gasteiger partial charge in [-0.15, -0.1) is 11.3 Å². The topological polar surface area (TPSA) is 66.5 Å². The van der Waals surface area contributed by atoms with Crippen molar-refractivity contribution in [2.75, 3.05) is 44.7 Å². The average molecular weight is 417 g/mol. The van der Waals surface area contributed by atoms with Crippen molar-refractivity contribution in [2.45, 2.75) is 6.42 Å². The number of aromatic nitrogens is 1. The highest BCUT2D eigenvalue weighted by Crippen LogP contribution is 2.26. The van der Waals surface area contributed by atoms with Gasteiger partial charge in [0.1, 0.15) is 22.4 Å². The van der Waals surface area contributed by atoms with Crippen molar-refractivity contribution >= 4 is 39.7 Å². The predicted molar refractivity (Wildman–Crippen MR) is 101 cm³/mol. The Bertz CT molecular complexity index is 776. The van der Waals surface area contributed by atoms with E-state index in [2.05, 4.69) is 20.5 Å². The van der Waals surface area contributed by atoms with Gasteiger partial charge < -0.3 is 15.4 Å². The fourth-order valence-corrected chi connectivity index (χ4v) is 3.43. The second-order valence-electron chi connectivity index (χ2n) is 5.98. The normalized spacial score (nSPS) is 14.9. The molecule has 10 heteroatoms. The number of carbonyl (C=O) groups excluding carboxylic acids is 1. The van der Waals surface area contributed by atoms with E-state index in [1.165, 1.54) is 11.3 Å². The Balaban J connectivity index is 1.47. The molecule has 27 heavy (non-hydrogen) atoms. The Kier molecular flexibility index (Phi) is 6.95. The molecule has 0 spiro atoms. The molecule has 1 aliphatic rings. The van der Waals surface area contributed by atoms with Gasteiger partial charge in [-0.05, 0) is 25.1 Å². The van der Waals surface area contributed by atoms with Crippen LogP contribution in [0.5, 0.6) is 0 Å². The van der Waals surface area contributed by atoms with Gasteiger partial charge in [0, 0.05) is 30.7 Å². The van der Waals surface area contributed by atoms with Gasteiger partial charge in [-0.1, -0.05) is 11.6 Å². The first-order valence-electron chi connectivity index (χ1n) is 8.48. The van der Waals surface area contributed by atoms with E-state index >= 15 is 0 Å². The number of amides is 1. The van der Waals surface area contributed by atoms with Crippen LogP contribution in [0.25, 0.3) is 0 Å². The van der Waals surface area contributed by atoms with Crippen molar-refractivity contribution in [1.29, 1.82) is 0 Å². The van der Waals surface area contributed by atoms with Crippen molar-refractivity contribution in [3.63, 3.8) is 0 Å². The second-order valence-corrected chi connectivity index (χ2v) is 7.22. The molecule has 1 fully saturated rings. The molecule has 1 aliphatic heterocycles. The van der Waals surface area contributed by atoms with E-state index in [0.717, 1.165) is 51.4 Å². The van der Waals surface area contributed by atoms with Crippen molar-refractivity contribution < 1.29 is 18.3 Å². The van der Waals surface area contributed by atoms with Crippen LogP contribution in [0.3, 0.4) is 0 Å². The predicted octanol–water partition coefficient (Wildman–Crippen LogP) is 3.27. The lowest BCUT2D eigenvalue weighted by Gasteiger charge is -2.26. The number of hydrogen-bond acceptors (Lipinski definition) is 6. The molecule has 2 aromatic rings. The molecule has 146 valence electrons. The minimum absolute atomic E-state index is 0.168. The molecule has 3 rings (SSSR count). The number of nitrogens with one attached hydrogen (secondary N) is 2. The summed E-state index contributed by atoms with van der Waals surface area (Å²) in [5.41, 5.74) is 0.421. The monoisotopic (exact) mass is 416 g/mol. The molecule has 0 aliphatic carbocycles. The van der Waals surface area contributed by atoms with Crippen LogP contribution in [0.4, 0.5) is 19.6 Å². The molecule has 6 nitrogen and oxygen atoms in total. The number of carbonyl (C=O) groups is 1. The zero-order valence-corrected chi connectivity index (χ0v) is 16.0. The quantitative estimate of drug-likeness (QED) is 0.535. The summed E-state index contributed by atoms with van der Waals surface area (Å²) in [5, 5.41) is 6.98. The molecule has 1 aromatic carbocycles. The number of ether oxygens (including phenoxy) is 1. The van der Waals surface area contributed by atoms with E-state index < -0.39 is 16.7 Å². The minimum Gasteiger partial charge on any atom is -0.379 e. The number of morpholine rings is 1. The third kappa shape index (κ3) is 5.58. The highest BCUT2D eigenvalue weighted by Gasteiger charge is 2.14. The Labute approximate surface area is 164 Å². The van der Waals surface area contributed by atoms with Crippen LogP contribution in [0.2, 0.25) is 5.02 Å². The van der Waals surface area contributed by atoms with Crippen molar-refractivity contribution in [2.24, 2.45) is 0 Å².